The van der Waals surface area contributed by atoms with Crippen LogP contribution >= 0.6 is 0 Å². The molecule has 7 heteroatoms. The van der Waals surface area contributed by atoms with Gasteiger partial charge in [0.1, 0.15) is 5.82 Å². The molecule has 1 aliphatic rings. The lowest BCUT2D eigenvalue weighted by Gasteiger charge is -2.32. The van der Waals surface area contributed by atoms with E-state index in [9.17, 15) is 9.18 Å². The molecule has 2 heterocycles. The molecular formula is C18H22FN5O. The molecule has 0 saturated carbocycles. The van der Waals surface area contributed by atoms with Crippen molar-refractivity contribution < 1.29 is 9.18 Å². The highest BCUT2D eigenvalue weighted by Gasteiger charge is 2.20. The van der Waals surface area contributed by atoms with Gasteiger partial charge in [0.2, 0.25) is 5.95 Å². The number of halogens is 1. The quantitative estimate of drug-likeness (QED) is 0.895. The first-order valence-corrected chi connectivity index (χ1v) is 8.40. The van der Waals surface area contributed by atoms with Crippen molar-refractivity contribution in [3.63, 3.8) is 0 Å². The molecule has 1 saturated heterocycles. The molecule has 1 fully saturated rings. The Labute approximate surface area is 146 Å². The van der Waals surface area contributed by atoms with E-state index in [1.807, 2.05) is 18.0 Å². The zero-order valence-electron chi connectivity index (χ0n) is 14.3. The fraction of sp³-hybridized carbons (Fsp3) is 0.389. The van der Waals surface area contributed by atoms with Crippen LogP contribution in [0.3, 0.4) is 0 Å². The fourth-order valence-corrected chi connectivity index (χ4v) is 2.73. The van der Waals surface area contributed by atoms with Crippen LogP contribution in [0.4, 0.5) is 10.3 Å². The largest absolute Gasteiger partial charge is 0.354 e. The predicted molar refractivity (Wildman–Crippen MR) is 94.0 cm³/mol. The first-order valence-electron chi connectivity index (χ1n) is 8.40. The molecule has 132 valence electrons. The van der Waals surface area contributed by atoms with Gasteiger partial charge in [-0.1, -0.05) is 18.2 Å². The van der Waals surface area contributed by atoms with Crippen LogP contribution in [0.2, 0.25) is 0 Å². The minimum atomic E-state index is -0.210. The Morgan fingerprint density at radius 1 is 1.16 bits per heavy atom. The van der Waals surface area contributed by atoms with Crippen molar-refractivity contribution in [3.8, 4) is 0 Å². The Balaban J connectivity index is 1.52. The van der Waals surface area contributed by atoms with Gasteiger partial charge in [-0.2, -0.15) is 0 Å². The maximum absolute atomic E-state index is 13.6. The molecule has 1 amide bonds. The number of carbonyl (C=O) groups is 1. The number of amides is 1. The van der Waals surface area contributed by atoms with E-state index in [-0.39, 0.29) is 11.7 Å². The standard InChI is InChI=1S/C18H22FN5O/c1-23-8-10-24(11-9-23)17(25)15-12-21-18(22-13-15)20-7-6-14-4-2-3-5-16(14)19/h2-5,12-13H,6-11H2,1H3,(H,20,21,22). The number of piperazine rings is 1. The molecule has 1 aromatic heterocycles. The zero-order chi connectivity index (χ0) is 17.6. The third-order valence-electron chi connectivity index (χ3n) is 4.32. The summed E-state index contributed by atoms with van der Waals surface area (Å²) in [5, 5.41) is 3.05. The van der Waals surface area contributed by atoms with Crippen LogP contribution in [0.15, 0.2) is 36.7 Å². The van der Waals surface area contributed by atoms with E-state index in [0.29, 0.717) is 30.0 Å². The second kappa shape index (κ2) is 8.02. The average Bonchev–Trinajstić information content (AvgIpc) is 2.64. The summed E-state index contributed by atoms with van der Waals surface area (Å²) in [4.78, 5) is 24.8. The van der Waals surface area contributed by atoms with Gasteiger partial charge in [-0.3, -0.25) is 4.79 Å². The number of aromatic nitrogens is 2. The third-order valence-corrected chi connectivity index (χ3v) is 4.32. The zero-order valence-corrected chi connectivity index (χ0v) is 14.3. The molecule has 1 aliphatic heterocycles. The average molecular weight is 343 g/mol. The number of carbonyl (C=O) groups excluding carboxylic acids is 1. The molecule has 0 atom stereocenters. The van der Waals surface area contributed by atoms with E-state index in [0.717, 1.165) is 26.2 Å². The van der Waals surface area contributed by atoms with Crippen LogP contribution in [-0.4, -0.2) is 65.4 Å². The van der Waals surface area contributed by atoms with E-state index in [1.165, 1.54) is 6.07 Å². The van der Waals surface area contributed by atoms with E-state index < -0.39 is 0 Å². The molecule has 0 radical (unpaired) electrons. The molecule has 0 unspecified atom stereocenters. The summed E-state index contributed by atoms with van der Waals surface area (Å²) in [7, 11) is 2.05. The highest BCUT2D eigenvalue weighted by Crippen LogP contribution is 2.09. The van der Waals surface area contributed by atoms with Gasteiger partial charge in [-0.25, -0.2) is 14.4 Å². The number of likely N-dealkylation sites (N-methyl/N-ethyl adjacent to an activating group) is 1. The normalized spacial score (nSPS) is 15.2. The van der Waals surface area contributed by atoms with Gasteiger partial charge < -0.3 is 15.1 Å². The molecule has 6 nitrogen and oxygen atoms in total. The van der Waals surface area contributed by atoms with Crippen molar-refractivity contribution in [1.29, 1.82) is 0 Å². The summed E-state index contributed by atoms with van der Waals surface area (Å²) >= 11 is 0. The van der Waals surface area contributed by atoms with Crippen LogP contribution in [-0.2, 0) is 6.42 Å². The monoisotopic (exact) mass is 343 g/mol. The first kappa shape index (κ1) is 17.3. The molecular weight excluding hydrogens is 321 g/mol. The van der Waals surface area contributed by atoms with Gasteiger partial charge in [0.25, 0.3) is 5.91 Å². The van der Waals surface area contributed by atoms with Gasteiger partial charge in [0.05, 0.1) is 5.56 Å². The molecule has 0 spiro atoms. The van der Waals surface area contributed by atoms with Crippen molar-refractivity contribution in [2.75, 3.05) is 45.1 Å². The van der Waals surface area contributed by atoms with Gasteiger partial charge in [0, 0.05) is 45.1 Å². The van der Waals surface area contributed by atoms with Crippen LogP contribution in [0.25, 0.3) is 0 Å². The number of benzene rings is 1. The molecule has 1 N–H and O–H groups in total. The topological polar surface area (TPSA) is 61.4 Å². The van der Waals surface area contributed by atoms with Crippen molar-refractivity contribution in [2.24, 2.45) is 0 Å². The van der Waals surface area contributed by atoms with E-state index >= 15 is 0 Å². The number of nitrogens with zero attached hydrogens (tertiary/aromatic N) is 4. The fourth-order valence-electron chi connectivity index (χ4n) is 2.73. The van der Waals surface area contributed by atoms with Gasteiger partial charge >= 0.3 is 0 Å². The molecule has 2 aromatic rings. The summed E-state index contributed by atoms with van der Waals surface area (Å²) in [5.41, 5.74) is 1.14. The van der Waals surface area contributed by atoms with Crippen molar-refractivity contribution in [2.45, 2.75) is 6.42 Å². The molecule has 0 aliphatic carbocycles. The number of nitrogens with one attached hydrogen (secondary N) is 1. The van der Waals surface area contributed by atoms with Gasteiger partial charge in [0.15, 0.2) is 0 Å². The van der Waals surface area contributed by atoms with Crippen LogP contribution in [0, 0.1) is 5.82 Å². The number of hydrogen-bond donors (Lipinski definition) is 1. The number of anilines is 1. The Morgan fingerprint density at radius 3 is 2.52 bits per heavy atom. The number of rotatable bonds is 5. The van der Waals surface area contributed by atoms with Crippen LogP contribution in [0.5, 0.6) is 0 Å². The Kier molecular flexibility index (Phi) is 5.55. The summed E-state index contributed by atoms with van der Waals surface area (Å²) in [6, 6.07) is 6.69. The lowest BCUT2D eigenvalue weighted by atomic mass is 10.1. The summed E-state index contributed by atoms with van der Waals surface area (Å²) < 4.78 is 13.6. The minimum absolute atomic E-state index is 0.0361. The first-order chi connectivity index (χ1) is 12.1. The smallest absolute Gasteiger partial charge is 0.257 e. The highest BCUT2D eigenvalue weighted by atomic mass is 19.1. The second-order valence-corrected chi connectivity index (χ2v) is 6.16. The van der Waals surface area contributed by atoms with Crippen molar-refractivity contribution in [3.05, 3.63) is 53.6 Å². The lowest BCUT2D eigenvalue weighted by Crippen LogP contribution is -2.47. The SMILES string of the molecule is CN1CCN(C(=O)c2cnc(NCCc3ccccc3F)nc2)CC1. The predicted octanol–water partition coefficient (Wildman–Crippen LogP) is 1.66. The lowest BCUT2D eigenvalue weighted by molar-refractivity contribution is 0.0663. The Morgan fingerprint density at radius 2 is 1.84 bits per heavy atom. The molecule has 3 rings (SSSR count). The van der Waals surface area contributed by atoms with Gasteiger partial charge in [-0.05, 0) is 25.1 Å². The second-order valence-electron chi connectivity index (χ2n) is 6.16. The molecule has 25 heavy (non-hydrogen) atoms. The van der Waals surface area contributed by atoms with E-state index in [1.54, 1.807) is 24.5 Å². The summed E-state index contributed by atoms with van der Waals surface area (Å²) in [6.07, 6.45) is 3.62. The van der Waals surface area contributed by atoms with Crippen molar-refractivity contribution >= 4 is 11.9 Å². The van der Waals surface area contributed by atoms with Gasteiger partial charge in [-0.15, -0.1) is 0 Å². The minimum Gasteiger partial charge on any atom is -0.354 e. The Hall–Kier alpha value is -2.54. The maximum Gasteiger partial charge on any atom is 0.257 e. The third kappa shape index (κ3) is 4.51. The number of hydrogen-bond acceptors (Lipinski definition) is 5. The van der Waals surface area contributed by atoms with E-state index in [4.69, 9.17) is 0 Å². The summed E-state index contributed by atoms with van der Waals surface area (Å²) in [6.45, 7) is 3.72. The van der Waals surface area contributed by atoms with Crippen LogP contribution < -0.4 is 5.32 Å². The van der Waals surface area contributed by atoms with Crippen molar-refractivity contribution in [1.82, 2.24) is 19.8 Å². The molecule has 0 bridgehead atoms. The van der Waals surface area contributed by atoms with E-state index in [2.05, 4.69) is 20.2 Å². The Bertz CT molecular complexity index is 714. The maximum atomic E-state index is 13.6. The highest BCUT2D eigenvalue weighted by molar-refractivity contribution is 5.93. The summed E-state index contributed by atoms with van der Waals surface area (Å²) in [5.74, 6) is 0.190. The van der Waals surface area contributed by atoms with Crippen LogP contribution in [0.1, 0.15) is 15.9 Å². The molecule has 1 aromatic carbocycles.